The highest BCUT2D eigenvalue weighted by Crippen LogP contribution is 2.36. The molecule has 0 aliphatic carbocycles. The van der Waals surface area contributed by atoms with Crippen molar-refractivity contribution in [2.75, 3.05) is 18.9 Å². The smallest absolute Gasteiger partial charge is 0.156 e. The monoisotopic (exact) mass is 305 g/mol. The number of nitrogen functional groups attached to an aromatic ring is 1. The van der Waals surface area contributed by atoms with E-state index in [1.807, 2.05) is 0 Å². The van der Waals surface area contributed by atoms with Gasteiger partial charge in [-0.3, -0.25) is 0 Å². The quantitative estimate of drug-likeness (QED) is 0.853. The zero-order valence-electron chi connectivity index (χ0n) is 8.71. The molecule has 0 saturated carbocycles. The van der Waals surface area contributed by atoms with Gasteiger partial charge in [0.2, 0.25) is 0 Å². The number of hydrogen-bond donors (Lipinski definition) is 1. The Kier molecular flexibility index (Phi) is 3.95. The van der Waals surface area contributed by atoms with Gasteiger partial charge in [-0.1, -0.05) is 11.6 Å². The molecular formula is C11H13BrClNO2. The molecule has 1 aliphatic rings. The van der Waals surface area contributed by atoms with Crippen LogP contribution in [0.15, 0.2) is 16.6 Å². The molecule has 88 valence electrons. The van der Waals surface area contributed by atoms with Gasteiger partial charge in [0, 0.05) is 17.9 Å². The SMILES string of the molecule is Nc1cc(Cl)cc(Br)c1OC1CCOCC1. The first-order valence-corrected chi connectivity index (χ1v) is 6.33. The third-order valence-corrected chi connectivity index (χ3v) is 3.30. The zero-order chi connectivity index (χ0) is 11.5. The summed E-state index contributed by atoms with van der Waals surface area (Å²) in [6, 6.07) is 3.48. The highest BCUT2D eigenvalue weighted by Gasteiger charge is 2.18. The Morgan fingerprint density at radius 3 is 2.69 bits per heavy atom. The summed E-state index contributed by atoms with van der Waals surface area (Å²) < 4.78 is 11.9. The first kappa shape index (κ1) is 12.0. The summed E-state index contributed by atoms with van der Waals surface area (Å²) in [5, 5.41) is 0.601. The lowest BCUT2D eigenvalue weighted by atomic mass is 10.1. The molecule has 2 rings (SSSR count). The van der Waals surface area contributed by atoms with E-state index in [2.05, 4.69) is 15.9 Å². The fraction of sp³-hybridized carbons (Fsp3) is 0.455. The fourth-order valence-electron chi connectivity index (χ4n) is 1.67. The summed E-state index contributed by atoms with van der Waals surface area (Å²) in [5.41, 5.74) is 6.43. The molecule has 5 heteroatoms. The van der Waals surface area contributed by atoms with Crippen LogP contribution in [-0.2, 0) is 4.74 Å². The van der Waals surface area contributed by atoms with Gasteiger partial charge in [-0.25, -0.2) is 0 Å². The maximum atomic E-state index is 5.88. The standard InChI is InChI=1S/C11H13BrClNO2/c12-9-5-7(13)6-10(14)11(9)16-8-1-3-15-4-2-8/h5-6,8H,1-4,14H2. The summed E-state index contributed by atoms with van der Waals surface area (Å²) in [6.07, 6.45) is 1.97. The Morgan fingerprint density at radius 1 is 1.38 bits per heavy atom. The number of ether oxygens (including phenoxy) is 2. The van der Waals surface area contributed by atoms with Crippen molar-refractivity contribution < 1.29 is 9.47 Å². The van der Waals surface area contributed by atoms with Crippen LogP contribution in [0, 0.1) is 0 Å². The van der Waals surface area contributed by atoms with Gasteiger partial charge in [0.1, 0.15) is 6.10 Å². The van der Waals surface area contributed by atoms with Crippen LogP contribution in [0.1, 0.15) is 12.8 Å². The van der Waals surface area contributed by atoms with E-state index in [0.29, 0.717) is 16.5 Å². The number of rotatable bonds is 2. The summed E-state index contributed by atoms with van der Waals surface area (Å²) in [7, 11) is 0. The van der Waals surface area contributed by atoms with Gasteiger partial charge in [-0.05, 0) is 28.1 Å². The molecule has 0 amide bonds. The number of hydrogen-bond acceptors (Lipinski definition) is 3. The molecule has 0 spiro atoms. The van der Waals surface area contributed by atoms with Crippen molar-refractivity contribution >= 4 is 33.2 Å². The molecule has 1 aliphatic heterocycles. The highest BCUT2D eigenvalue weighted by molar-refractivity contribution is 9.10. The van der Waals surface area contributed by atoms with Crippen molar-refractivity contribution in [3.05, 3.63) is 21.6 Å². The maximum absolute atomic E-state index is 5.88. The minimum atomic E-state index is 0.175. The van der Waals surface area contributed by atoms with Crippen molar-refractivity contribution in [3.8, 4) is 5.75 Å². The molecule has 0 radical (unpaired) electrons. The molecule has 1 heterocycles. The Bertz CT molecular complexity index is 357. The largest absolute Gasteiger partial charge is 0.487 e. The lowest BCUT2D eigenvalue weighted by Gasteiger charge is -2.24. The first-order valence-electron chi connectivity index (χ1n) is 5.16. The van der Waals surface area contributed by atoms with E-state index in [-0.39, 0.29) is 6.10 Å². The van der Waals surface area contributed by atoms with Crippen molar-refractivity contribution in [1.29, 1.82) is 0 Å². The molecule has 3 nitrogen and oxygen atoms in total. The van der Waals surface area contributed by atoms with E-state index in [9.17, 15) is 0 Å². The average Bonchev–Trinajstić information content (AvgIpc) is 2.25. The van der Waals surface area contributed by atoms with E-state index in [0.717, 1.165) is 30.5 Å². The molecule has 1 saturated heterocycles. The third kappa shape index (κ3) is 2.81. The lowest BCUT2D eigenvalue weighted by Crippen LogP contribution is -2.26. The van der Waals surface area contributed by atoms with Gasteiger partial charge in [0.15, 0.2) is 5.75 Å². The van der Waals surface area contributed by atoms with Gasteiger partial charge in [0.05, 0.1) is 23.4 Å². The van der Waals surface area contributed by atoms with Crippen LogP contribution < -0.4 is 10.5 Å². The number of benzene rings is 1. The minimum absolute atomic E-state index is 0.175. The molecule has 0 aromatic heterocycles. The summed E-state index contributed by atoms with van der Waals surface area (Å²) in [6.45, 7) is 1.49. The zero-order valence-corrected chi connectivity index (χ0v) is 11.1. The van der Waals surface area contributed by atoms with Gasteiger partial charge < -0.3 is 15.2 Å². The molecule has 0 atom stereocenters. The number of halogens is 2. The van der Waals surface area contributed by atoms with Crippen molar-refractivity contribution in [2.24, 2.45) is 0 Å². The van der Waals surface area contributed by atoms with Crippen LogP contribution in [0.4, 0.5) is 5.69 Å². The fourth-order valence-corrected chi connectivity index (χ4v) is 2.59. The predicted octanol–water partition coefficient (Wildman–Crippen LogP) is 3.24. The van der Waals surface area contributed by atoms with Crippen LogP contribution >= 0.6 is 27.5 Å². The second kappa shape index (κ2) is 5.25. The Hall–Kier alpha value is -0.450. The van der Waals surface area contributed by atoms with E-state index in [1.54, 1.807) is 12.1 Å². The van der Waals surface area contributed by atoms with Crippen molar-refractivity contribution in [3.63, 3.8) is 0 Å². The van der Waals surface area contributed by atoms with Gasteiger partial charge >= 0.3 is 0 Å². The molecule has 0 bridgehead atoms. The topological polar surface area (TPSA) is 44.5 Å². The summed E-state index contributed by atoms with van der Waals surface area (Å²) >= 11 is 9.28. The maximum Gasteiger partial charge on any atom is 0.156 e. The van der Waals surface area contributed by atoms with Crippen molar-refractivity contribution in [2.45, 2.75) is 18.9 Å². The van der Waals surface area contributed by atoms with Crippen LogP contribution in [0.5, 0.6) is 5.75 Å². The van der Waals surface area contributed by atoms with Gasteiger partial charge in [-0.15, -0.1) is 0 Å². The van der Waals surface area contributed by atoms with Gasteiger partial charge in [-0.2, -0.15) is 0 Å². The first-order chi connectivity index (χ1) is 7.66. The second-order valence-electron chi connectivity index (χ2n) is 3.74. The molecular weight excluding hydrogens is 293 g/mol. The van der Waals surface area contributed by atoms with Gasteiger partial charge in [0.25, 0.3) is 0 Å². The van der Waals surface area contributed by atoms with E-state index >= 15 is 0 Å². The molecule has 0 unspecified atom stereocenters. The van der Waals surface area contributed by atoms with E-state index < -0.39 is 0 Å². The van der Waals surface area contributed by atoms with Crippen molar-refractivity contribution in [1.82, 2.24) is 0 Å². The molecule has 1 aromatic rings. The van der Waals surface area contributed by atoms with Crippen LogP contribution in [0.3, 0.4) is 0 Å². The Balaban J connectivity index is 2.14. The average molecular weight is 307 g/mol. The molecule has 2 N–H and O–H groups in total. The third-order valence-electron chi connectivity index (χ3n) is 2.49. The predicted molar refractivity (Wildman–Crippen MR) is 68.0 cm³/mol. The Morgan fingerprint density at radius 2 is 2.06 bits per heavy atom. The number of anilines is 1. The van der Waals surface area contributed by atoms with E-state index in [4.69, 9.17) is 26.8 Å². The molecule has 16 heavy (non-hydrogen) atoms. The Labute approximate surface area is 108 Å². The number of nitrogens with two attached hydrogens (primary N) is 1. The molecule has 1 aromatic carbocycles. The van der Waals surface area contributed by atoms with Crippen LogP contribution in [0.25, 0.3) is 0 Å². The summed E-state index contributed by atoms with van der Waals surface area (Å²) in [4.78, 5) is 0. The lowest BCUT2D eigenvalue weighted by molar-refractivity contribution is 0.0256. The summed E-state index contributed by atoms with van der Waals surface area (Å²) in [5.74, 6) is 0.677. The second-order valence-corrected chi connectivity index (χ2v) is 5.03. The highest BCUT2D eigenvalue weighted by atomic mass is 79.9. The van der Waals surface area contributed by atoms with Crippen LogP contribution in [0.2, 0.25) is 5.02 Å². The molecule has 1 fully saturated rings. The van der Waals surface area contributed by atoms with Crippen LogP contribution in [-0.4, -0.2) is 19.3 Å². The minimum Gasteiger partial charge on any atom is -0.487 e. The normalized spacial score (nSPS) is 17.4. The van der Waals surface area contributed by atoms with E-state index in [1.165, 1.54) is 0 Å².